The fourth-order valence-electron chi connectivity index (χ4n) is 1.62. The van der Waals surface area contributed by atoms with Crippen LogP contribution in [0.25, 0.3) is 0 Å². The minimum Gasteiger partial charge on any atom is -0.496 e. The van der Waals surface area contributed by atoms with Crippen molar-refractivity contribution in [2.45, 2.75) is 26.8 Å². The minimum absolute atomic E-state index is 0. The average molecular weight is 260 g/mol. The molecule has 0 saturated heterocycles. The van der Waals surface area contributed by atoms with Gasteiger partial charge in [-0.3, -0.25) is 0 Å². The second-order valence-corrected chi connectivity index (χ2v) is 4.92. The Hall–Kier alpha value is -0.930. The molecular formula is C13H22ClNO2. The molecule has 0 aliphatic carbocycles. The molecule has 0 saturated carbocycles. The maximum absolute atomic E-state index is 6.26. The number of hydrogen-bond donors (Lipinski definition) is 1. The van der Waals surface area contributed by atoms with Crippen LogP contribution in [-0.4, -0.2) is 14.2 Å². The molecule has 1 aromatic carbocycles. The number of halogens is 1. The van der Waals surface area contributed by atoms with Crippen LogP contribution in [0.2, 0.25) is 0 Å². The molecule has 0 bridgehead atoms. The van der Waals surface area contributed by atoms with Crippen molar-refractivity contribution in [1.82, 2.24) is 0 Å². The van der Waals surface area contributed by atoms with E-state index in [0.29, 0.717) is 0 Å². The highest BCUT2D eigenvalue weighted by Gasteiger charge is 2.27. The summed E-state index contributed by atoms with van der Waals surface area (Å²) in [5.74, 6) is 1.56. The van der Waals surface area contributed by atoms with Gasteiger partial charge in [-0.25, -0.2) is 0 Å². The summed E-state index contributed by atoms with van der Waals surface area (Å²) >= 11 is 0. The van der Waals surface area contributed by atoms with Gasteiger partial charge in [-0.15, -0.1) is 12.4 Å². The van der Waals surface area contributed by atoms with E-state index in [2.05, 4.69) is 20.8 Å². The lowest BCUT2D eigenvalue weighted by Gasteiger charge is -2.29. The Bertz CT molecular complexity index is 339. The van der Waals surface area contributed by atoms with Crippen LogP contribution in [0, 0.1) is 5.41 Å². The topological polar surface area (TPSA) is 44.5 Å². The third kappa shape index (κ3) is 3.51. The number of rotatable bonds is 3. The zero-order chi connectivity index (χ0) is 12.3. The van der Waals surface area contributed by atoms with Gasteiger partial charge in [0.25, 0.3) is 0 Å². The smallest absolute Gasteiger partial charge is 0.127 e. The van der Waals surface area contributed by atoms with Crippen LogP contribution in [-0.2, 0) is 0 Å². The number of ether oxygens (including phenoxy) is 2. The number of nitrogens with two attached hydrogens (primary N) is 1. The summed E-state index contributed by atoms with van der Waals surface area (Å²) < 4.78 is 10.7. The van der Waals surface area contributed by atoms with E-state index in [9.17, 15) is 0 Å². The van der Waals surface area contributed by atoms with Gasteiger partial charge in [-0.05, 0) is 17.5 Å². The van der Waals surface area contributed by atoms with E-state index in [4.69, 9.17) is 15.2 Å². The zero-order valence-corrected chi connectivity index (χ0v) is 11.9. The van der Waals surface area contributed by atoms with Crippen LogP contribution in [0.4, 0.5) is 0 Å². The summed E-state index contributed by atoms with van der Waals surface area (Å²) in [4.78, 5) is 0. The Morgan fingerprint density at radius 3 is 1.76 bits per heavy atom. The first kappa shape index (κ1) is 16.1. The fraction of sp³-hybridized carbons (Fsp3) is 0.538. The Balaban J connectivity index is 0.00000256. The average Bonchev–Trinajstić information content (AvgIpc) is 2.25. The van der Waals surface area contributed by atoms with Gasteiger partial charge in [-0.2, -0.15) is 0 Å². The largest absolute Gasteiger partial charge is 0.496 e. The van der Waals surface area contributed by atoms with E-state index in [1.165, 1.54) is 0 Å². The Kier molecular flexibility index (Phi) is 5.79. The maximum atomic E-state index is 6.26. The molecule has 0 unspecified atom stereocenters. The summed E-state index contributed by atoms with van der Waals surface area (Å²) in [5, 5.41) is 0. The van der Waals surface area contributed by atoms with E-state index < -0.39 is 0 Å². The van der Waals surface area contributed by atoms with Crippen LogP contribution in [0.3, 0.4) is 0 Å². The first-order valence-corrected chi connectivity index (χ1v) is 5.38. The van der Waals surface area contributed by atoms with Crippen molar-refractivity contribution >= 4 is 12.4 Å². The van der Waals surface area contributed by atoms with E-state index in [0.717, 1.165) is 17.1 Å². The van der Waals surface area contributed by atoms with Crippen molar-refractivity contribution in [3.8, 4) is 11.5 Å². The van der Waals surface area contributed by atoms with Crippen molar-refractivity contribution in [3.05, 3.63) is 23.8 Å². The van der Waals surface area contributed by atoms with Gasteiger partial charge in [0.15, 0.2) is 0 Å². The number of benzene rings is 1. The Morgan fingerprint density at radius 2 is 1.47 bits per heavy atom. The summed E-state index contributed by atoms with van der Waals surface area (Å²) in [6, 6.07) is 5.59. The molecule has 0 radical (unpaired) electrons. The standard InChI is InChI=1S/C13H21NO2.ClH/c1-13(2,3)12(14)11-9(15-4)7-6-8-10(11)16-5;/h6-8,12H,14H2,1-5H3;1H/t12-;/m1./s1. The molecule has 0 aliphatic heterocycles. The van der Waals surface area contributed by atoms with Crippen LogP contribution in [0.15, 0.2) is 18.2 Å². The molecule has 0 spiro atoms. The van der Waals surface area contributed by atoms with Crippen molar-refractivity contribution in [3.63, 3.8) is 0 Å². The Labute approximate surface area is 110 Å². The Morgan fingerprint density at radius 1 is 1.06 bits per heavy atom. The highest BCUT2D eigenvalue weighted by atomic mass is 35.5. The summed E-state index contributed by atoms with van der Waals surface area (Å²) in [7, 11) is 3.29. The zero-order valence-electron chi connectivity index (χ0n) is 11.1. The van der Waals surface area contributed by atoms with Crippen LogP contribution in [0.1, 0.15) is 32.4 Å². The van der Waals surface area contributed by atoms with Crippen LogP contribution in [0.5, 0.6) is 11.5 Å². The maximum Gasteiger partial charge on any atom is 0.127 e. The highest BCUT2D eigenvalue weighted by molar-refractivity contribution is 5.85. The highest BCUT2D eigenvalue weighted by Crippen LogP contribution is 2.40. The molecule has 0 aromatic heterocycles. The molecule has 1 atom stereocenters. The van der Waals surface area contributed by atoms with Crippen molar-refractivity contribution in [2.75, 3.05) is 14.2 Å². The first-order valence-electron chi connectivity index (χ1n) is 5.38. The third-order valence-corrected chi connectivity index (χ3v) is 2.71. The minimum atomic E-state index is -0.126. The van der Waals surface area contributed by atoms with E-state index >= 15 is 0 Å². The van der Waals surface area contributed by atoms with Crippen molar-refractivity contribution < 1.29 is 9.47 Å². The molecule has 4 heteroatoms. The van der Waals surface area contributed by atoms with Gasteiger partial charge in [0, 0.05) is 6.04 Å². The fourth-order valence-corrected chi connectivity index (χ4v) is 1.62. The van der Waals surface area contributed by atoms with E-state index in [-0.39, 0.29) is 23.9 Å². The summed E-state index contributed by atoms with van der Waals surface area (Å²) in [6.45, 7) is 6.30. The molecule has 2 N–H and O–H groups in total. The molecule has 0 aliphatic rings. The quantitative estimate of drug-likeness (QED) is 0.907. The lowest BCUT2D eigenvalue weighted by Crippen LogP contribution is -2.27. The predicted octanol–water partition coefficient (Wildman–Crippen LogP) is 3.17. The number of methoxy groups -OCH3 is 2. The van der Waals surface area contributed by atoms with Crippen LogP contribution >= 0.6 is 12.4 Å². The van der Waals surface area contributed by atoms with Gasteiger partial charge in [0.1, 0.15) is 11.5 Å². The van der Waals surface area contributed by atoms with E-state index in [1.54, 1.807) is 14.2 Å². The molecule has 0 amide bonds. The van der Waals surface area contributed by atoms with Gasteiger partial charge >= 0.3 is 0 Å². The van der Waals surface area contributed by atoms with Gasteiger partial charge in [0.2, 0.25) is 0 Å². The lowest BCUT2D eigenvalue weighted by molar-refractivity contribution is 0.301. The van der Waals surface area contributed by atoms with E-state index in [1.807, 2.05) is 18.2 Å². The molecule has 17 heavy (non-hydrogen) atoms. The second-order valence-electron chi connectivity index (χ2n) is 4.92. The monoisotopic (exact) mass is 259 g/mol. The first-order chi connectivity index (χ1) is 7.41. The summed E-state index contributed by atoms with van der Waals surface area (Å²) in [5.41, 5.74) is 7.16. The lowest BCUT2D eigenvalue weighted by atomic mass is 9.82. The van der Waals surface area contributed by atoms with Gasteiger partial charge in [-0.1, -0.05) is 26.8 Å². The third-order valence-electron chi connectivity index (χ3n) is 2.71. The molecule has 98 valence electrons. The molecule has 3 nitrogen and oxygen atoms in total. The normalized spacial score (nSPS) is 12.6. The van der Waals surface area contributed by atoms with Gasteiger partial charge < -0.3 is 15.2 Å². The van der Waals surface area contributed by atoms with Crippen molar-refractivity contribution in [2.24, 2.45) is 11.1 Å². The predicted molar refractivity (Wildman–Crippen MR) is 73.2 cm³/mol. The van der Waals surface area contributed by atoms with Crippen molar-refractivity contribution in [1.29, 1.82) is 0 Å². The molecule has 0 fully saturated rings. The molecule has 0 heterocycles. The number of hydrogen-bond acceptors (Lipinski definition) is 3. The SMILES string of the molecule is COc1cccc(OC)c1[C@@H](N)C(C)(C)C.Cl. The molecule has 1 rings (SSSR count). The van der Waals surface area contributed by atoms with Crippen LogP contribution < -0.4 is 15.2 Å². The molecular weight excluding hydrogens is 238 g/mol. The summed E-state index contributed by atoms with van der Waals surface area (Å²) in [6.07, 6.45) is 0. The second kappa shape index (κ2) is 6.12. The van der Waals surface area contributed by atoms with Gasteiger partial charge in [0.05, 0.1) is 19.8 Å². The molecule has 1 aromatic rings.